The van der Waals surface area contributed by atoms with Gasteiger partial charge in [-0.15, -0.1) is 0 Å². The molecule has 0 aromatic carbocycles. The maximum absolute atomic E-state index is 12.4. The number of rotatable bonds is 31. The minimum absolute atomic E-state index is 0.158. The van der Waals surface area contributed by atoms with E-state index in [4.69, 9.17) is 24.8 Å². The van der Waals surface area contributed by atoms with Crippen LogP contribution in [0.5, 0.6) is 0 Å². The third-order valence-electron chi connectivity index (χ3n) is 7.01. The third kappa shape index (κ3) is 27.7. The number of ether oxygens (including phenoxy) is 2. The van der Waals surface area contributed by atoms with E-state index in [9.17, 15) is 23.8 Å². The van der Waals surface area contributed by atoms with Crippen molar-refractivity contribution in [3.8, 4) is 0 Å². The molecule has 0 aliphatic carbocycles. The molecule has 12 heteroatoms. The average Bonchev–Trinajstić information content (AvgIpc) is 2.99. The van der Waals surface area contributed by atoms with Crippen LogP contribution in [-0.4, -0.2) is 59.9 Å². The van der Waals surface area contributed by atoms with Crippen molar-refractivity contribution in [3.63, 3.8) is 0 Å². The number of carbonyl (C=O) groups is 3. The SMILES string of the molecule is CCCCCCCC/C=C\CCCCCCCCCC(=O)OC(COC(=O)CCCCC)COP(=O)(O)OCC(N)C(=O)O. The van der Waals surface area contributed by atoms with E-state index in [1.54, 1.807) is 0 Å². The van der Waals surface area contributed by atoms with Crippen LogP contribution < -0.4 is 5.73 Å². The summed E-state index contributed by atoms with van der Waals surface area (Å²) in [5, 5.41) is 8.79. The molecular weight excluding hydrogens is 589 g/mol. The lowest BCUT2D eigenvalue weighted by Gasteiger charge is -2.20. The summed E-state index contributed by atoms with van der Waals surface area (Å²) >= 11 is 0. The highest BCUT2D eigenvalue weighted by molar-refractivity contribution is 7.47. The Morgan fingerprint density at radius 2 is 1.14 bits per heavy atom. The maximum atomic E-state index is 12.4. The summed E-state index contributed by atoms with van der Waals surface area (Å²) < 4.78 is 32.1. The first-order chi connectivity index (χ1) is 21.1. The highest BCUT2D eigenvalue weighted by Crippen LogP contribution is 2.43. The van der Waals surface area contributed by atoms with Crippen LogP contribution >= 0.6 is 7.82 Å². The van der Waals surface area contributed by atoms with Crippen LogP contribution in [0.25, 0.3) is 0 Å². The lowest BCUT2D eigenvalue weighted by atomic mass is 10.1. The first-order valence-electron chi connectivity index (χ1n) is 16.7. The van der Waals surface area contributed by atoms with Gasteiger partial charge in [0.2, 0.25) is 0 Å². The van der Waals surface area contributed by atoms with Crippen LogP contribution in [0.1, 0.15) is 142 Å². The Morgan fingerprint density at radius 3 is 1.70 bits per heavy atom. The molecule has 3 atom stereocenters. The second kappa shape index (κ2) is 28.7. The molecule has 0 saturated heterocycles. The first kappa shape index (κ1) is 42.2. The number of carboxylic acid groups (broad SMARTS) is 1. The van der Waals surface area contributed by atoms with Crippen molar-refractivity contribution in [3.05, 3.63) is 12.2 Å². The number of hydrogen-bond acceptors (Lipinski definition) is 9. The molecule has 0 fully saturated rings. The lowest BCUT2D eigenvalue weighted by molar-refractivity contribution is -0.161. The molecule has 0 radical (unpaired) electrons. The Labute approximate surface area is 265 Å². The minimum Gasteiger partial charge on any atom is -0.480 e. The summed E-state index contributed by atoms with van der Waals surface area (Å²) in [5.41, 5.74) is 5.27. The van der Waals surface area contributed by atoms with E-state index in [2.05, 4.69) is 23.6 Å². The normalized spacial score (nSPS) is 14.3. The highest BCUT2D eigenvalue weighted by Gasteiger charge is 2.28. The van der Waals surface area contributed by atoms with Gasteiger partial charge in [0.1, 0.15) is 12.6 Å². The molecule has 4 N–H and O–H groups in total. The quantitative estimate of drug-likeness (QED) is 0.0296. The number of carboxylic acids is 1. The third-order valence-corrected chi connectivity index (χ3v) is 7.96. The van der Waals surface area contributed by atoms with Gasteiger partial charge in [-0.05, 0) is 38.5 Å². The Kier molecular flexibility index (Phi) is 27.5. The number of hydrogen-bond donors (Lipinski definition) is 3. The van der Waals surface area contributed by atoms with E-state index in [1.807, 2.05) is 6.92 Å². The minimum atomic E-state index is -4.69. The predicted octanol–water partition coefficient (Wildman–Crippen LogP) is 7.38. The molecule has 44 heavy (non-hydrogen) atoms. The molecule has 0 amide bonds. The molecule has 0 aromatic heterocycles. The van der Waals surface area contributed by atoms with E-state index in [0.717, 1.165) is 38.5 Å². The van der Waals surface area contributed by atoms with Gasteiger partial charge in [-0.3, -0.25) is 23.4 Å². The summed E-state index contributed by atoms with van der Waals surface area (Å²) in [4.78, 5) is 45.0. The standard InChI is InChI=1S/C32H60NO10P/c1-3-5-7-8-9-10-11-12-13-14-15-16-17-18-19-20-22-24-31(35)43-28(25-40-30(34)23-21-6-4-2)26-41-44(38,39)42-27-29(33)32(36)37/h12-13,28-29H,3-11,14-27,33H2,1-2H3,(H,36,37)(H,38,39)/b13-12-. The molecule has 0 aromatic rings. The van der Waals surface area contributed by atoms with E-state index in [1.165, 1.54) is 64.2 Å². The molecule has 0 spiro atoms. The van der Waals surface area contributed by atoms with Gasteiger partial charge < -0.3 is 25.2 Å². The highest BCUT2D eigenvalue weighted by atomic mass is 31.2. The molecule has 0 heterocycles. The zero-order valence-electron chi connectivity index (χ0n) is 27.3. The Morgan fingerprint density at radius 1 is 0.682 bits per heavy atom. The molecule has 0 rings (SSSR count). The summed E-state index contributed by atoms with van der Waals surface area (Å²) in [7, 11) is -4.69. The molecule has 3 unspecified atom stereocenters. The zero-order valence-corrected chi connectivity index (χ0v) is 28.2. The van der Waals surface area contributed by atoms with Gasteiger partial charge in [-0.25, -0.2) is 4.57 Å². The first-order valence-corrected chi connectivity index (χ1v) is 18.2. The number of allylic oxidation sites excluding steroid dienone is 2. The van der Waals surface area contributed by atoms with Crippen LogP contribution in [-0.2, 0) is 37.5 Å². The number of carbonyl (C=O) groups excluding carboxylic acids is 2. The van der Waals surface area contributed by atoms with Gasteiger partial charge in [0.25, 0.3) is 0 Å². The number of nitrogens with two attached hydrogens (primary N) is 1. The van der Waals surface area contributed by atoms with Crippen LogP contribution in [0.15, 0.2) is 12.2 Å². The second-order valence-corrected chi connectivity index (χ2v) is 12.8. The Hall–Kier alpha value is -1.78. The molecule has 11 nitrogen and oxygen atoms in total. The van der Waals surface area contributed by atoms with Gasteiger partial charge in [0.05, 0.1) is 13.2 Å². The van der Waals surface area contributed by atoms with Crippen molar-refractivity contribution in [2.45, 2.75) is 154 Å². The topological polar surface area (TPSA) is 172 Å². The fourth-order valence-electron chi connectivity index (χ4n) is 4.29. The Bertz CT molecular complexity index is 823. The second-order valence-electron chi connectivity index (χ2n) is 11.3. The molecule has 0 saturated carbocycles. The van der Waals surface area contributed by atoms with Gasteiger partial charge in [-0.1, -0.05) is 103 Å². The smallest absolute Gasteiger partial charge is 0.472 e. The van der Waals surface area contributed by atoms with Crippen molar-refractivity contribution in [2.75, 3.05) is 19.8 Å². The summed E-state index contributed by atoms with van der Waals surface area (Å²) in [6.45, 7) is 2.56. The number of phosphoric ester groups is 1. The molecule has 0 aliphatic heterocycles. The molecule has 258 valence electrons. The van der Waals surface area contributed by atoms with Crippen LogP contribution in [0.2, 0.25) is 0 Å². The van der Waals surface area contributed by atoms with Crippen molar-refractivity contribution in [1.82, 2.24) is 0 Å². The van der Waals surface area contributed by atoms with Gasteiger partial charge >= 0.3 is 25.7 Å². The zero-order chi connectivity index (χ0) is 32.9. The fraction of sp³-hybridized carbons (Fsp3) is 0.844. The van der Waals surface area contributed by atoms with Crippen molar-refractivity contribution in [1.29, 1.82) is 0 Å². The van der Waals surface area contributed by atoms with Crippen LogP contribution in [0.4, 0.5) is 0 Å². The fourth-order valence-corrected chi connectivity index (χ4v) is 5.07. The largest absolute Gasteiger partial charge is 0.480 e. The summed E-state index contributed by atoms with van der Waals surface area (Å²) in [6, 6.07) is -1.52. The molecular formula is C32H60NO10P. The van der Waals surface area contributed by atoms with Crippen LogP contribution in [0.3, 0.4) is 0 Å². The average molecular weight is 650 g/mol. The molecule has 0 bridgehead atoms. The van der Waals surface area contributed by atoms with E-state index in [-0.39, 0.29) is 19.4 Å². The predicted molar refractivity (Wildman–Crippen MR) is 171 cm³/mol. The number of aliphatic carboxylic acids is 1. The molecule has 0 aliphatic rings. The number of phosphoric acid groups is 1. The van der Waals surface area contributed by atoms with Gasteiger partial charge in [0.15, 0.2) is 6.10 Å². The van der Waals surface area contributed by atoms with E-state index in [0.29, 0.717) is 12.8 Å². The maximum Gasteiger partial charge on any atom is 0.472 e. The number of esters is 2. The van der Waals surface area contributed by atoms with Crippen molar-refractivity contribution >= 4 is 25.7 Å². The van der Waals surface area contributed by atoms with Crippen molar-refractivity contribution < 1.29 is 47.5 Å². The van der Waals surface area contributed by atoms with E-state index >= 15 is 0 Å². The van der Waals surface area contributed by atoms with E-state index < -0.39 is 51.1 Å². The monoisotopic (exact) mass is 649 g/mol. The summed E-state index contributed by atoms with van der Waals surface area (Å²) in [6.07, 6.45) is 23.9. The summed E-state index contributed by atoms with van der Waals surface area (Å²) in [5.74, 6) is -2.41. The number of unbranched alkanes of at least 4 members (excludes halogenated alkanes) is 15. The van der Waals surface area contributed by atoms with Crippen molar-refractivity contribution in [2.24, 2.45) is 5.73 Å². The lowest BCUT2D eigenvalue weighted by Crippen LogP contribution is -2.34. The van der Waals surface area contributed by atoms with Gasteiger partial charge in [0, 0.05) is 12.8 Å². The Balaban J connectivity index is 4.25. The van der Waals surface area contributed by atoms with Crippen LogP contribution in [0, 0.1) is 0 Å². The van der Waals surface area contributed by atoms with Gasteiger partial charge in [-0.2, -0.15) is 0 Å².